The largest absolute Gasteiger partial charge is 0.338 e. The zero-order valence-corrected chi connectivity index (χ0v) is 20.6. The molecule has 0 atom stereocenters. The summed E-state index contributed by atoms with van der Waals surface area (Å²) in [5.41, 5.74) is 2.29. The molecule has 1 aromatic heterocycles. The second-order valence-electron chi connectivity index (χ2n) is 8.87. The summed E-state index contributed by atoms with van der Waals surface area (Å²) in [5, 5.41) is 8.07. The first-order valence-corrected chi connectivity index (χ1v) is 12.4. The maximum atomic E-state index is 12.8. The standard InChI is InChI=1S/C25H25Cl2N5O3/c26-17-3-8-20(21(27)14-17)24-29-22(35-30-24)15-31-12-9-16(10-13-31)25(34)28-18-4-6-19(7-5-18)32-11-1-2-23(32)33/h3-8,14,16H,1-2,9-13,15H2,(H,28,34). The van der Waals surface area contributed by atoms with E-state index in [1.54, 1.807) is 23.1 Å². The number of aromatic nitrogens is 2. The van der Waals surface area contributed by atoms with Gasteiger partial charge in [0.15, 0.2) is 0 Å². The molecule has 2 aliphatic rings. The molecule has 0 bridgehead atoms. The Morgan fingerprint density at radius 3 is 2.54 bits per heavy atom. The van der Waals surface area contributed by atoms with Gasteiger partial charge < -0.3 is 14.7 Å². The minimum absolute atomic E-state index is 0.0205. The number of nitrogens with zero attached hydrogens (tertiary/aromatic N) is 4. The van der Waals surface area contributed by atoms with Crippen LogP contribution in [-0.4, -0.2) is 46.5 Å². The zero-order valence-electron chi connectivity index (χ0n) is 19.0. The normalized spacial score (nSPS) is 17.2. The second kappa shape index (κ2) is 10.4. The Morgan fingerprint density at radius 2 is 1.86 bits per heavy atom. The lowest BCUT2D eigenvalue weighted by Crippen LogP contribution is -2.37. The van der Waals surface area contributed by atoms with Gasteiger partial charge in [0, 0.05) is 40.8 Å². The lowest BCUT2D eigenvalue weighted by molar-refractivity contribution is -0.121. The quantitative estimate of drug-likeness (QED) is 0.497. The van der Waals surface area contributed by atoms with E-state index in [0.29, 0.717) is 40.3 Å². The fourth-order valence-corrected chi connectivity index (χ4v) is 5.03. The van der Waals surface area contributed by atoms with Crippen LogP contribution in [0.25, 0.3) is 11.4 Å². The van der Waals surface area contributed by atoms with E-state index in [1.165, 1.54) is 0 Å². The fraction of sp³-hybridized carbons (Fsp3) is 0.360. The molecular formula is C25H25Cl2N5O3. The van der Waals surface area contributed by atoms with Crippen LogP contribution in [0.2, 0.25) is 10.0 Å². The first kappa shape index (κ1) is 23.8. The molecule has 35 heavy (non-hydrogen) atoms. The highest BCUT2D eigenvalue weighted by molar-refractivity contribution is 6.36. The van der Waals surface area contributed by atoms with E-state index in [2.05, 4.69) is 20.4 Å². The van der Waals surface area contributed by atoms with Gasteiger partial charge in [-0.15, -0.1) is 0 Å². The number of amides is 2. The van der Waals surface area contributed by atoms with Gasteiger partial charge in [0.1, 0.15) is 0 Å². The summed E-state index contributed by atoms with van der Waals surface area (Å²) in [4.78, 5) is 33.1. The monoisotopic (exact) mass is 513 g/mol. The number of anilines is 2. The number of benzene rings is 2. The lowest BCUT2D eigenvalue weighted by atomic mass is 9.96. The number of likely N-dealkylation sites (tertiary alicyclic amines) is 1. The fourth-order valence-electron chi connectivity index (χ4n) is 4.53. The van der Waals surface area contributed by atoms with E-state index in [0.717, 1.165) is 50.3 Å². The van der Waals surface area contributed by atoms with Gasteiger partial charge >= 0.3 is 0 Å². The molecule has 2 aliphatic heterocycles. The molecule has 3 aromatic rings. The third-order valence-electron chi connectivity index (χ3n) is 6.48. The van der Waals surface area contributed by atoms with Gasteiger partial charge in [0.05, 0.1) is 11.6 Å². The smallest absolute Gasteiger partial charge is 0.241 e. The van der Waals surface area contributed by atoms with Crippen LogP contribution in [0.15, 0.2) is 47.0 Å². The van der Waals surface area contributed by atoms with Crippen molar-refractivity contribution in [1.29, 1.82) is 0 Å². The number of hydrogen-bond acceptors (Lipinski definition) is 6. The van der Waals surface area contributed by atoms with Crippen molar-refractivity contribution >= 4 is 46.4 Å². The summed E-state index contributed by atoms with van der Waals surface area (Å²) < 4.78 is 5.42. The molecule has 2 fully saturated rings. The Balaban J connectivity index is 1.11. The molecule has 0 aliphatic carbocycles. The summed E-state index contributed by atoms with van der Waals surface area (Å²) in [6, 6.07) is 12.6. The molecule has 10 heteroatoms. The number of hydrogen-bond donors (Lipinski definition) is 1. The van der Waals surface area contributed by atoms with Crippen LogP contribution in [0.5, 0.6) is 0 Å². The van der Waals surface area contributed by atoms with E-state index in [-0.39, 0.29) is 17.7 Å². The van der Waals surface area contributed by atoms with Gasteiger partial charge in [-0.3, -0.25) is 14.5 Å². The van der Waals surface area contributed by atoms with Crippen LogP contribution in [0.4, 0.5) is 11.4 Å². The molecule has 2 aromatic carbocycles. The molecule has 0 unspecified atom stereocenters. The van der Waals surface area contributed by atoms with Crippen LogP contribution in [0, 0.1) is 5.92 Å². The maximum absolute atomic E-state index is 12.8. The average Bonchev–Trinajstić information content (AvgIpc) is 3.49. The van der Waals surface area contributed by atoms with E-state index in [1.807, 2.05) is 24.3 Å². The van der Waals surface area contributed by atoms with Crippen LogP contribution in [-0.2, 0) is 16.1 Å². The summed E-state index contributed by atoms with van der Waals surface area (Å²) >= 11 is 12.2. The molecule has 1 N–H and O–H groups in total. The number of halogens is 2. The molecule has 0 spiro atoms. The van der Waals surface area contributed by atoms with E-state index >= 15 is 0 Å². The van der Waals surface area contributed by atoms with Gasteiger partial charge in [-0.2, -0.15) is 4.98 Å². The molecular weight excluding hydrogens is 489 g/mol. The van der Waals surface area contributed by atoms with Crippen molar-refractivity contribution in [3.63, 3.8) is 0 Å². The Morgan fingerprint density at radius 1 is 1.09 bits per heavy atom. The van der Waals surface area contributed by atoms with Gasteiger partial charge in [-0.05, 0) is 74.8 Å². The van der Waals surface area contributed by atoms with Crippen molar-refractivity contribution in [2.24, 2.45) is 5.92 Å². The van der Waals surface area contributed by atoms with Crippen molar-refractivity contribution in [2.45, 2.75) is 32.2 Å². The number of carbonyl (C=O) groups excluding carboxylic acids is 2. The first-order valence-electron chi connectivity index (χ1n) is 11.7. The minimum Gasteiger partial charge on any atom is -0.338 e. The molecule has 3 heterocycles. The second-order valence-corrected chi connectivity index (χ2v) is 9.72. The molecule has 2 saturated heterocycles. The van der Waals surface area contributed by atoms with Gasteiger partial charge in [-0.1, -0.05) is 28.4 Å². The van der Waals surface area contributed by atoms with Crippen LogP contribution >= 0.6 is 23.2 Å². The maximum Gasteiger partial charge on any atom is 0.241 e. The lowest BCUT2D eigenvalue weighted by Gasteiger charge is -2.30. The Hall–Kier alpha value is -2.94. The highest BCUT2D eigenvalue weighted by Gasteiger charge is 2.27. The third kappa shape index (κ3) is 5.50. The van der Waals surface area contributed by atoms with Gasteiger partial charge in [0.2, 0.25) is 23.5 Å². The molecule has 182 valence electrons. The van der Waals surface area contributed by atoms with E-state index in [9.17, 15) is 9.59 Å². The van der Waals surface area contributed by atoms with Gasteiger partial charge in [0.25, 0.3) is 0 Å². The SMILES string of the molecule is O=C(Nc1ccc(N2CCCC2=O)cc1)C1CCN(Cc2nc(-c3ccc(Cl)cc3Cl)no2)CC1. The summed E-state index contributed by atoms with van der Waals surface area (Å²) in [6.07, 6.45) is 2.98. The Bertz CT molecular complexity index is 1220. The number of carbonyl (C=O) groups is 2. The van der Waals surface area contributed by atoms with E-state index < -0.39 is 0 Å². The molecule has 0 radical (unpaired) electrons. The molecule has 2 amide bonds. The minimum atomic E-state index is -0.0581. The Labute approximate surface area is 213 Å². The van der Waals surface area contributed by atoms with Crippen molar-refractivity contribution in [3.05, 3.63) is 58.4 Å². The van der Waals surface area contributed by atoms with Crippen LogP contribution in [0.3, 0.4) is 0 Å². The van der Waals surface area contributed by atoms with Gasteiger partial charge in [-0.25, -0.2) is 0 Å². The van der Waals surface area contributed by atoms with Crippen molar-refractivity contribution in [3.8, 4) is 11.4 Å². The van der Waals surface area contributed by atoms with Crippen molar-refractivity contribution in [1.82, 2.24) is 15.0 Å². The summed E-state index contributed by atoms with van der Waals surface area (Å²) in [7, 11) is 0. The van der Waals surface area contributed by atoms with Crippen LogP contribution in [0.1, 0.15) is 31.6 Å². The van der Waals surface area contributed by atoms with Crippen molar-refractivity contribution < 1.29 is 14.1 Å². The first-order chi connectivity index (χ1) is 17.0. The predicted molar refractivity (Wildman–Crippen MR) is 134 cm³/mol. The number of piperidine rings is 1. The summed E-state index contributed by atoms with van der Waals surface area (Å²) in [6.45, 7) is 2.78. The average molecular weight is 514 g/mol. The number of nitrogens with one attached hydrogen (secondary N) is 1. The topological polar surface area (TPSA) is 91.6 Å². The highest BCUT2D eigenvalue weighted by Crippen LogP contribution is 2.29. The van der Waals surface area contributed by atoms with E-state index in [4.69, 9.17) is 27.7 Å². The summed E-state index contributed by atoms with van der Waals surface area (Å²) in [5.74, 6) is 1.05. The van der Waals surface area contributed by atoms with Crippen LogP contribution < -0.4 is 10.2 Å². The highest BCUT2D eigenvalue weighted by atomic mass is 35.5. The third-order valence-corrected chi connectivity index (χ3v) is 7.03. The molecule has 8 nitrogen and oxygen atoms in total. The number of rotatable bonds is 6. The predicted octanol–water partition coefficient (Wildman–Crippen LogP) is 5.02. The zero-order chi connectivity index (χ0) is 24.4. The molecule has 5 rings (SSSR count). The Kier molecular flexibility index (Phi) is 7.04. The van der Waals surface area contributed by atoms with Crippen molar-refractivity contribution in [2.75, 3.05) is 29.9 Å². The molecule has 0 saturated carbocycles.